The first-order valence-corrected chi connectivity index (χ1v) is 8.26. The maximum Gasteiger partial charge on any atom is 0.317 e. The van der Waals surface area contributed by atoms with Crippen LogP contribution in [0.15, 0.2) is 0 Å². The molecule has 2 fully saturated rings. The zero-order chi connectivity index (χ0) is 15.6. The Morgan fingerprint density at radius 2 is 1.76 bits per heavy atom. The van der Waals surface area contributed by atoms with Crippen LogP contribution >= 0.6 is 0 Å². The topological polar surface area (TPSA) is 55.8 Å². The molecule has 2 heterocycles. The van der Waals surface area contributed by atoms with Crippen LogP contribution in [0.3, 0.4) is 0 Å². The Balaban J connectivity index is 1.77. The third-order valence-corrected chi connectivity index (χ3v) is 4.98. The van der Waals surface area contributed by atoms with E-state index in [1.807, 2.05) is 6.92 Å². The lowest BCUT2D eigenvalue weighted by Crippen LogP contribution is -2.55. The molecule has 0 aromatic heterocycles. The summed E-state index contributed by atoms with van der Waals surface area (Å²) in [7, 11) is 0. The van der Waals surface area contributed by atoms with Gasteiger partial charge in [-0.1, -0.05) is 6.92 Å². The number of β-amino-alcohol motifs (C(OH)–C–C–N with tert-alkyl or cyclic N) is 1. The number of urea groups is 1. The summed E-state index contributed by atoms with van der Waals surface area (Å²) < 4.78 is 0. The number of nitrogens with one attached hydrogen (secondary N) is 1. The molecule has 2 atom stereocenters. The van der Waals surface area contributed by atoms with E-state index in [1.54, 1.807) is 4.90 Å². The highest BCUT2D eigenvalue weighted by molar-refractivity contribution is 5.74. The fourth-order valence-electron chi connectivity index (χ4n) is 3.19. The van der Waals surface area contributed by atoms with Crippen molar-refractivity contribution in [2.45, 2.75) is 64.6 Å². The van der Waals surface area contributed by atoms with Gasteiger partial charge in [0, 0.05) is 37.8 Å². The normalized spacial score (nSPS) is 29.5. The molecule has 2 saturated heterocycles. The Morgan fingerprint density at radius 1 is 1.14 bits per heavy atom. The summed E-state index contributed by atoms with van der Waals surface area (Å²) in [6, 6.07) is 0.266. The summed E-state index contributed by atoms with van der Waals surface area (Å²) in [5.74, 6) is 0.295. The number of likely N-dealkylation sites (tertiary alicyclic amines) is 2. The molecule has 2 rings (SSSR count). The molecular weight excluding hydrogens is 266 g/mol. The van der Waals surface area contributed by atoms with Gasteiger partial charge in [-0.05, 0) is 46.0 Å². The van der Waals surface area contributed by atoms with Crippen molar-refractivity contribution in [3.05, 3.63) is 0 Å². The summed E-state index contributed by atoms with van der Waals surface area (Å²) >= 11 is 0. The highest BCUT2D eigenvalue weighted by Gasteiger charge is 2.31. The molecule has 0 saturated carbocycles. The number of nitrogens with zero attached hydrogens (tertiary/aromatic N) is 2. The van der Waals surface area contributed by atoms with Crippen molar-refractivity contribution in [3.8, 4) is 0 Å². The van der Waals surface area contributed by atoms with Crippen molar-refractivity contribution in [1.82, 2.24) is 15.1 Å². The van der Waals surface area contributed by atoms with Crippen molar-refractivity contribution in [2.24, 2.45) is 5.92 Å². The molecule has 0 radical (unpaired) electrons. The molecule has 0 aliphatic carbocycles. The van der Waals surface area contributed by atoms with Gasteiger partial charge >= 0.3 is 6.03 Å². The second-order valence-electron chi connectivity index (χ2n) is 7.66. The molecule has 5 heteroatoms. The molecule has 2 aliphatic heterocycles. The minimum absolute atomic E-state index is 0.00448. The van der Waals surface area contributed by atoms with Crippen LogP contribution in [0.4, 0.5) is 4.79 Å². The number of rotatable bonds is 1. The lowest BCUT2D eigenvalue weighted by Gasteiger charge is -2.41. The van der Waals surface area contributed by atoms with E-state index in [2.05, 4.69) is 31.0 Å². The van der Waals surface area contributed by atoms with Crippen molar-refractivity contribution in [1.29, 1.82) is 0 Å². The average Bonchev–Trinajstić information content (AvgIpc) is 2.41. The molecule has 2 amide bonds. The number of piperidine rings is 2. The van der Waals surface area contributed by atoms with E-state index in [0.717, 1.165) is 38.9 Å². The molecule has 0 bridgehead atoms. The first-order valence-electron chi connectivity index (χ1n) is 8.26. The highest BCUT2D eigenvalue weighted by atomic mass is 16.3. The Labute approximate surface area is 128 Å². The van der Waals surface area contributed by atoms with Crippen LogP contribution in [0.1, 0.15) is 47.0 Å². The first-order chi connectivity index (χ1) is 9.77. The quantitative estimate of drug-likeness (QED) is 0.774. The summed E-state index contributed by atoms with van der Waals surface area (Å²) in [5.41, 5.74) is 0.210. The van der Waals surface area contributed by atoms with E-state index in [0.29, 0.717) is 12.5 Å². The van der Waals surface area contributed by atoms with Gasteiger partial charge in [0.2, 0.25) is 0 Å². The zero-order valence-electron chi connectivity index (χ0n) is 13.9. The Hall–Kier alpha value is -0.810. The monoisotopic (exact) mass is 297 g/mol. The molecule has 0 aromatic rings. The predicted octanol–water partition coefficient (Wildman–Crippen LogP) is 1.66. The molecule has 21 heavy (non-hydrogen) atoms. The van der Waals surface area contributed by atoms with Crippen LogP contribution in [-0.4, -0.2) is 64.8 Å². The predicted molar refractivity (Wildman–Crippen MR) is 84.2 cm³/mol. The van der Waals surface area contributed by atoms with Gasteiger partial charge in [0.1, 0.15) is 0 Å². The molecule has 2 N–H and O–H groups in total. The third-order valence-electron chi connectivity index (χ3n) is 4.98. The van der Waals surface area contributed by atoms with E-state index in [4.69, 9.17) is 0 Å². The SMILES string of the molecule is CC1CCN(C(=O)NC2CCN(C(C)(C)C)CC2)CC1O. The second kappa shape index (κ2) is 6.53. The largest absolute Gasteiger partial charge is 0.391 e. The van der Waals surface area contributed by atoms with Crippen molar-refractivity contribution in [3.63, 3.8) is 0 Å². The number of hydrogen-bond acceptors (Lipinski definition) is 3. The number of amides is 2. The Bertz CT molecular complexity index is 359. The van der Waals surface area contributed by atoms with Crippen LogP contribution in [0.5, 0.6) is 0 Å². The molecular formula is C16H31N3O2. The number of hydrogen-bond donors (Lipinski definition) is 2. The maximum absolute atomic E-state index is 12.3. The van der Waals surface area contributed by atoms with E-state index in [-0.39, 0.29) is 23.7 Å². The summed E-state index contributed by atoms with van der Waals surface area (Å²) in [4.78, 5) is 16.5. The van der Waals surface area contributed by atoms with E-state index >= 15 is 0 Å². The third kappa shape index (κ3) is 4.33. The highest BCUT2D eigenvalue weighted by Crippen LogP contribution is 2.21. The molecule has 0 spiro atoms. The average molecular weight is 297 g/mol. The summed E-state index contributed by atoms with van der Waals surface area (Å²) in [6.07, 6.45) is 2.52. The van der Waals surface area contributed by atoms with Gasteiger partial charge in [0.05, 0.1) is 6.10 Å². The molecule has 2 aliphatic rings. The smallest absolute Gasteiger partial charge is 0.317 e. The van der Waals surface area contributed by atoms with Gasteiger partial charge in [-0.25, -0.2) is 4.79 Å². The van der Waals surface area contributed by atoms with Crippen molar-refractivity contribution >= 4 is 6.03 Å². The Morgan fingerprint density at radius 3 is 2.29 bits per heavy atom. The molecule has 5 nitrogen and oxygen atoms in total. The van der Waals surface area contributed by atoms with Crippen LogP contribution in [0.2, 0.25) is 0 Å². The van der Waals surface area contributed by atoms with Crippen molar-refractivity contribution in [2.75, 3.05) is 26.2 Å². The van der Waals surface area contributed by atoms with Gasteiger partial charge in [-0.3, -0.25) is 4.90 Å². The van der Waals surface area contributed by atoms with Gasteiger partial charge in [0.25, 0.3) is 0 Å². The van der Waals surface area contributed by atoms with E-state index in [1.165, 1.54) is 0 Å². The van der Waals surface area contributed by atoms with Gasteiger partial charge in [-0.15, -0.1) is 0 Å². The number of carbonyl (C=O) groups is 1. The molecule has 122 valence electrons. The van der Waals surface area contributed by atoms with Gasteiger partial charge < -0.3 is 15.3 Å². The zero-order valence-corrected chi connectivity index (χ0v) is 13.9. The lowest BCUT2D eigenvalue weighted by molar-refractivity contribution is 0.0414. The minimum Gasteiger partial charge on any atom is -0.391 e. The maximum atomic E-state index is 12.3. The summed E-state index contributed by atoms with van der Waals surface area (Å²) in [6.45, 7) is 12.1. The van der Waals surface area contributed by atoms with Crippen LogP contribution in [0.25, 0.3) is 0 Å². The molecule has 2 unspecified atom stereocenters. The lowest BCUT2D eigenvalue weighted by atomic mass is 9.96. The van der Waals surface area contributed by atoms with Crippen molar-refractivity contribution < 1.29 is 9.90 Å². The van der Waals surface area contributed by atoms with Crippen LogP contribution in [-0.2, 0) is 0 Å². The second-order valence-corrected chi connectivity index (χ2v) is 7.66. The number of aliphatic hydroxyl groups is 1. The first kappa shape index (κ1) is 16.6. The number of aliphatic hydroxyl groups excluding tert-OH is 1. The van der Waals surface area contributed by atoms with E-state index in [9.17, 15) is 9.90 Å². The standard InChI is InChI=1S/C16H31N3O2/c1-12-5-8-18(11-14(12)20)15(21)17-13-6-9-19(10-7-13)16(2,3)4/h12-14,20H,5-11H2,1-4H3,(H,17,21). The van der Waals surface area contributed by atoms with E-state index < -0.39 is 0 Å². The number of carbonyl (C=O) groups excluding carboxylic acids is 1. The summed E-state index contributed by atoms with van der Waals surface area (Å²) in [5, 5.41) is 13.0. The van der Waals surface area contributed by atoms with Gasteiger partial charge in [0.15, 0.2) is 0 Å². The van der Waals surface area contributed by atoms with Gasteiger partial charge in [-0.2, -0.15) is 0 Å². The molecule has 0 aromatic carbocycles. The minimum atomic E-state index is -0.382. The Kier molecular flexibility index (Phi) is 5.15. The fraction of sp³-hybridized carbons (Fsp3) is 0.938. The van der Waals surface area contributed by atoms with Crippen LogP contribution < -0.4 is 5.32 Å². The fourth-order valence-corrected chi connectivity index (χ4v) is 3.19. The van der Waals surface area contributed by atoms with Crippen LogP contribution in [0, 0.1) is 5.92 Å².